The molecule has 45 heavy (non-hydrogen) atoms. The van der Waals surface area contributed by atoms with Crippen LogP contribution in [-0.4, -0.2) is 89.7 Å². The van der Waals surface area contributed by atoms with Crippen molar-refractivity contribution in [3.8, 4) is 40.1 Å². The van der Waals surface area contributed by atoms with Gasteiger partial charge >= 0.3 is 5.97 Å². The lowest BCUT2D eigenvalue weighted by Gasteiger charge is -2.40. The number of aliphatic hydroxyl groups excluding tert-OH is 3. The molecule has 8 N–H and O–H groups in total. The number of hydrogen-bond acceptors (Lipinski definition) is 14. The minimum absolute atomic E-state index is 0.00204. The molecule has 0 unspecified atom stereocenters. The molecular weight excluding hydrogens is 596 g/mol. The predicted molar refractivity (Wildman–Crippen MR) is 155 cm³/mol. The molecule has 5 atom stereocenters. The smallest absolute Gasteiger partial charge is 0.309 e. The van der Waals surface area contributed by atoms with E-state index in [0.29, 0.717) is 25.7 Å². The fraction of sp³-hybridized carbons (Fsp3) is 0.484. The summed E-state index contributed by atoms with van der Waals surface area (Å²) in [4.78, 5) is 26.4. The van der Waals surface area contributed by atoms with Gasteiger partial charge in [0, 0.05) is 17.7 Å². The second-order valence-electron chi connectivity index (χ2n) is 12.1. The van der Waals surface area contributed by atoms with Gasteiger partial charge in [-0.05, 0) is 63.6 Å². The number of phenols is 4. The summed E-state index contributed by atoms with van der Waals surface area (Å²) in [7, 11) is 0. The summed E-state index contributed by atoms with van der Waals surface area (Å²) >= 11 is 0. The average Bonchev–Trinajstić information content (AvgIpc) is 2.98. The van der Waals surface area contributed by atoms with Gasteiger partial charge in [0.2, 0.25) is 17.5 Å². The molecule has 0 amide bonds. The van der Waals surface area contributed by atoms with Crippen molar-refractivity contribution >= 4 is 16.9 Å². The molecule has 5 rings (SSSR count). The summed E-state index contributed by atoms with van der Waals surface area (Å²) in [6.07, 6.45) is -6.51. The Labute approximate surface area is 256 Å². The predicted octanol–water partition coefficient (Wildman–Crippen LogP) is 1.59. The number of benzene rings is 2. The van der Waals surface area contributed by atoms with Crippen molar-refractivity contribution in [1.82, 2.24) is 0 Å². The number of phenolic OH excluding ortho intramolecular Hbond substituents is 4. The van der Waals surface area contributed by atoms with Gasteiger partial charge in [-0.1, -0.05) is 0 Å². The fourth-order valence-electron chi connectivity index (χ4n) is 5.82. The highest BCUT2D eigenvalue weighted by atomic mass is 16.7. The Morgan fingerprint density at radius 3 is 2.24 bits per heavy atom. The number of carbonyl (C=O) groups is 1. The van der Waals surface area contributed by atoms with Crippen LogP contribution in [0.15, 0.2) is 39.5 Å². The molecule has 14 heteroatoms. The number of rotatable bonds is 7. The highest BCUT2D eigenvalue weighted by Gasteiger charge is 2.46. The van der Waals surface area contributed by atoms with Gasteiger partial charge in [0.1, 0.15) is 53.5 Å². The van der Waals surface area contributed by atoms with Gasteiger partial charge in [-0.2, -0.15) is 0 Å². The second-order valence-corrected chi connectivity index (χ2v) is 12.1. The van der Waals surface area contributed by atoms with Gasteiger partial charge < -0.3 is 59.5 Å². The lowest BCUT2D eigenvalue weighted by molar-refractivity contribution is -0.279. The number of hydrogen-bond donors (Lipinski definition) is 8. The van der Waals surface area contributed by atoms with Crippen LogP contribution < -0.4 is 10.2 Å². The number of fused-ring (bicyclic) bond motifs is 1. The highest BCUT2D eigenvalue weighted by molar-refractivity contribution is 5.88. The highest BCUT2D eigenvalue weighted by Crippen LogP contribution is 2.40. The molecule has 1 saturated heterocycles. The zero-order chi connectivity index (χ0) is 32.8. The Bertz CT molecular complexity index is 1620. The number of aromatic hydroxyl groups is 4. The van der Waals surface area contributed by atoms with Gasteiger partial charge in [0.25, 0.3) is 0 Å². The first-order valence-electron chi connectivity index (χ1n) is 14.5. The third kappa shape index (κ3) is 6.51. The van der Waals surface area contributed by atoms with Crippen LogP contribution in [0.25, 0.3) is 22.3 Å². The third-order valence-corrected chi connectivity index (χ3v) is 8.51. The monoisotopic (exact) mass is 632 g/mol. The molecule has 2 aliphatic rings. The summed E-state index contributed by atoms with van der Waals surface area (Å²) in [6.45, 7) is 2.92. The maximum absolute atomic E-state index is 13.6. The summed E-state index contributed by atoms with van der Waals surface area (Å²) in [6, 6.07) is 5.36. The van der Waals surface area contributed by atoms with Crippen molar-refractivity contribution in [1.29, 1.82) is 0 Å². The van der Waals surface area contributed by atoms with Crippen LogP contribution >= 0.6 is 0 Å². The fourth-order valence-corrected chi connectivity index (χ4v) is 5.82. The number of ether oxygens (including phenoxy) is 3. The van der Waals surface area contributed by atoms with Gasteiger partial charge in [-0.15, -0.1) is 0 Å². The van der Waals surface area contributed by atoms with Crippen LogP contribution in [0.2, 0.25) is 0 Å². The van der Waals surface area contributed by atoms with E-state index < -0.39 is 94.4 Å². The normalized spacial score (nSPS) is 27.3. The van der Waals surface area contributed by atoms with Crippen molar-refractivity contribution in [2.45, 2.75) is 75.8 Å². The average molecular weight is 633 g/mol. The molecule has 0 spiro atoms. The molecule has 14 nitrogen and oxygen atoms in total. The van der Waals surface area contributed by atoms with Crippen molar-refractivity contribution in [3.63, 3.8) is 0 Å². The van der Waals surface area contributed by atoms with E-state index >= 15 is 0 Å². The van der Waals surface area contributed by atoms with Crippen molar-refractivity contribution in [2.75, 3.05) is 6.61 Å². The number of esters is 1. The van der Waals surface area contributed by atoms with E-state index in [1.54, 1.807) is 13.8 Å². The first kappa shape index (κ1) is 32.3. The molecule has 3 aromatic rings. The second kappa shape index (κ2) is 12.4. The van der Waals surface area contributed by atoms with E-state index in [4.69, 9.17) is 18.6 Å². The zero-order valence-corrected chi connectivity index (χ0v) is 24.5. The van der Waals surface area contributed by atoms with Crippen molar-refractivity contribution in [2.24, 2.45) is 11.8 Å². The molecule has 1 aliphatic carbocycles. The summed E-state index contributed by atoms with van der Waals surface area (Å²) in [5.74, 6) is -4.13. The first-order valence-corrected chi connectivity index (χ1v) is 14.5. The lowest BCUT2D eigenvalue weighted by Crippen LogP contribution is -2.60. The molecule has 244 valence electrons. The van der Waals surface area contributed by atoms with E-state index in [1.165, 1.54) is 6.07 Å². The van der Waals surface area contributed by atoms with Crippen LogP contribution in [0.4, 0.5) is 0 Å². The number of aliphatic hydroxyl groups is 4. The van der Waals surface area contributed by atoms with Gasteiger partial charge in [-0.25, -0.2) is 0 Å². The minimum Gasteiger partial charge on any atom is -0.508 e. The molecular formula is C31H36O14. The van der Waals surface area contributed by atoms with E-state index in [1.807, 2.05) is 0 Å². The topological polar surface area (TPSA) is 237 Å². The molecule has 2 heterocycles. The van der Waals surface area contributed by atoms with Gasteiger partial charge in [-0.3, -0.25) is 9.59 Å². The maximum Gasteiger partial charge on any atom is 0.309 e. The Morgan fingerprint density at radius 1 is 0.911 bits per heavy atom. The van der Waals surface area contributed by atoms with Crippen molar-refractivity contribution in [3.05, 3.63) is 40.6 Å². The lowest BCUT2D eigenvalue weighted by atomic mass is 9.75. The molecule has 1 aromatic heterocycles. The Balaban J connectivity index is 1.40. The van der Waals surface area contributed by atoms with Crippen LogP contribution in [0.5, 0.6) is 28.7 Å². The van der Waals surface area contributed by atoms with Crippen LogP contribution in [0.3, 0.4) is 0 Å². The third-order valence-electron chi connectivity index (χ3n) is 8.51. The Kier molecular flexibility index (Phi) is 8.88. The quantitative estimate of drug-likeness (QED) is 0.136. The van der Waals surface area contributed by atoms with Gasteiger partial charge in [0.05, 0.1) is 11.5 Å². The standard InChI is InChI=1S/C31H36O14/c1-31(2,41)15-6-3-13(4-7-15)29(40)42-12-21-23(36)25(38)26(39)30(44-21)45-28-24(37)22-19(35)10-16(32)11-20(22)43-27(28)14-5-8-17(33)18(34)9-14/h5,8-11,13,15,21,23,25-26,30,32-36,38-39,41H,3-4,6-7,12H2,1-2H3/t13?,15?,21-,23+,25+,26-,30+/m0/s1. The van der Waals surface area contributed by atoms with E-state index in [2.05, 4.69) is 0 Å². The molecule has 1 aliphatic heterocycles. The van der Waals surface area contributed by atoms with E-state index in [0.717, 1.165) is 24.3 Å². The molecule has 0 radical (unpaired) electrons. The largest absolute Gasteiger partial charge is 0.508 e. The minimum atomic E-state index is -1.92. The Hall–Kier alpha value is -4.08. The van der Waals surface area contributed by atoms with Crippen molar-refractivity contribution < 1.29 is 64.3 Å². The summed E-state index contributed by atoms with van der Waals surface area (Å²) in [5.41, 5.74) is -2.13. The van der Waals surface area contributed by atoms with Crippen LogP contribution in [0.1, 0.15) is 39.5 Å². The SMILES string of the molecule is CC(C)(O)C1CCC(C(=O)OC[C@@H]2O[C@H](Oc3c(-c4ccc(O)c(O)c4)oc4cc(O)cc(O)c4c3=O)[C@@H](O)[C@H](O)[C@@H]2O)CC1. The molecule has 1 saturated carbocycles. The molecule has 2 fully saturated rings. The van der Waals surface area contributed by atoms with E-state index in [9.17, 15) is 50.4 Å². The van der Waals surface area contributed by atoms with Gasteiger partial charge in [0.15, 0.2) is 17.3 Å². The molecule has 2 aromatic carbocycles. The Morgan fingerprint density at radius 2 is 1.60 bits per heavy atom. The summed E-state index contributed by atoms with van der Waals surface area (Å²) in [5, 5.41) is 81.9. The maximum atomic E-state index is 13.6. The summed E-state index contributed by atoms with van der Waals surface area (Å²) < 4.78 is 22.6. The zero-order valence-electron chi connectivity index (χ0n) is 24.5. The van der Waals surface area contributed by atoms with E-state index in [-0.39, 0.29) is 22.8 Å². The first-order chi connectivity index (χ1) is 21.1. The molecule has 0 bridgehead atoms. The van der Waals surface area contributed by atoms with Crippen LogP contribution in [-0.2, 0) is 14.3 Å². The van der Waals surface area contributed by atoms with Crippen LogP contribution in [0, 0.1) is 11.8 Å². The number of carbonyl (C=O) groups excluding carboxylic acids is 1.